The molecule has 0 unspecified atom stereocenters. The lowest BCUT2D eigenvalue weighted by Gasteiger charge is -2.13. The molecule has 2 N–H and O–H groups in total. The van der Waals surface area contributed by atoms with Crippen LogP contribution in [0, 0.1) is 0 Å². The molecule has 1 rings (SSSR count). The van der Waals surface area contributed by atoms with Crippen molar-refractivity contribution < 1.29 is 9.53 Å². The van der Waals surface area contributed by atoms with E-state index < -0.39 is 0 Å². The van der Waals surface area contributed by atoms with Crippen LogP contribution in [0.25, 0.3) is 0 Å². The van der Waals surface area contributed by atoms with Gasteiger partial charge >= 0.3 is 0 Å². The number of ether oxygens (including phenoxy) is 1. The van der Waals surface area contributed by atoms with Crippen molar-refractivity contribution in [2.45, 2.75) is 6.61 Å². The van der Waals surface area contributed by atoms with Crippen molar-refractivity contribution in [1.82, 2.24) is 15.5 Å². The number of amides is 1. The van der Waals surface area contributed by atoms with E-state index in [4.69, 9.17) is 27.9 Å². The van der Waals surface area contributed by atoms with Gasteiger partial charge in [-0.25, -0.2) is 4.99 Å². The zero-order valence-electron chi connectivity index (χ0n) is 14.5. The fourth-order valence-electron chi connectivity index (χ4n) is 1.69. The van der Waals surface area contributed by atoms with Gasteiger partial charge in [-0.15, -0.1) is 6.58 Å². The number of nitrogens with one attached hydrogen (secondary N) is 2. The highest BCUT2D eigenvalue weighted by molar-refractivity contribution is 6.35. The molecule has 1 amide bonds. The molecule has 0 radical (unpaired) electrons. The molecule has 0 atom stereocenters. The van der Waals surface area contributed by atoms with E-state index >= 15 is 0 Å². The number of rotatable bonds is 9. The summed E-state index contributed by atoms with van der Waals surface area (Å²) in [6.07, 6.45) is 1.71. The molecule has 0 aliphatic carbocycles. The van der Waals surface area contributed by atoms with E-state index in [1.165, 1.54) is 4.90 Å². The quantitative estimate of drug-likeness (QED) is 0.295. The lowest BCUT2D eigenvalue weighted by atomic mass is 10.2. The average molecular weight is 387 g/mol. The van der Waals surface area contributed by atoms with Crippen LogP contribution in [0.3, 0.4) is 0 Å². The largest absolute Gasteiger partial charge is 0.375 e. The summed E-state index contributed by atoms with van der Waals surface area (Å²) < 4.78 is 5.59. The summed E-state index contributed by atoms with van der Waals surface area (Å²) in [5, 5.41) is 7.32. The number of guanidine groups is 1. The van der Waals surface area contributed by atoms with E-state index in [1.807, 2.05) is 6.07 Å². The summed E-state index contributed by atoms with van der Waals surface area (Å²) in [6, 6.07) is 5.30. The second-order valence-corrected chi connectivity index (χ2v) is 6.18. The van der Waals surface area contributed by atoms with E-state index in [1.54, 1.807) is 32.3 Å². The van der Waals surface area contributed by atoms with E-state index in [0.29, 0.717) is 42.3 Å². The van der Waals surface area contributed by atoms with Crippen LogP contribution in [0.2, 0.25) is 10.0 Å². The predicted molar refractivity (Wildman–Crippen MR) is 103 cm³/mol. The Morgan fingerprint density at radius 2 is 2.12 bits per heavy atom. The molecule has 0 aliphatic heterocycles. The van der Waals surface area contributed by atoms with Crippen LogP contribution in [0.1, 0.15) is 5.56 Å². The molecule has 6 nitrogen and oxygen atoms in total. The first-order chi connectivity index (χ1) is 11.9. The number of carbonyl (C=O) groups excluding carboxylic acids is 1. The average Bonchev–Trinajstić information content (AvgIpc) is 2.57. The zero-order valence-corrected chi connectivity index (χ0v) is 16.0. The number of halogens is 2. The number of benzene rings is 1. The Morgan fingerprint density at radius 1 is 1.36 bits per heavy atom. The minimum Gasteiger partial charge on any atom is -0.375 e. The molecule has 1 aromatic rings. The molecule has 0 spiro atoms. The monoisotopic (exact) mass is 386 g/mol. The Balaban J connectivity index is 2.39. The third-order valence-corrected chi connectivity index (χ3v) is 3.68. The van der Waals surface area contributed by atoms with Gasteiger partial charge in [0, 0.05) is 37.2 Å². The molecule has 8 heteroatoms. The highest BCUT2D eigenvalue weighted by atomic mass is 35.5. The maximum Gasteiger partial charge on any atom is 0.243 e. The molecular formula is C17H24Cl2N4O2. The number of hydrogen-bond donors (Lipinski definition) is 2. The Kier molecular flexibility index (Phi) is 9.99. The molecule has 0 aliphatic rings. The summed E-state index contributed by atoms with van der Waals surface area (Å²) in [5.74, 6) is 0.455. The molecule has 0 heterocycles. The van der Waals surface area contributed by atoms with Gasteiger partial charge in [0.05, 0.1) is 13.2 Å². The zero-order chi connectivity index (χ0) is 18.7. The van der Waals surface area contributed by atoms with Gasteiger partial charge in [0.25, 0.3) is 0 Å². The van der Waals surface area contributed by atoms with Gasteiger partial charge < -0.3 is 20.3 Å². The van der Waals surface area contributed by atoms with Gasteiger partial charge in [0.2, 0.25) is 5.91 Å². The van der Waals surface area contributed by atoms with Crippen LogP contribution in [-0.2, 0) is 16.1 Å². The van der Waals surface area contributed by atoms with E-state index in [9.17, 15) is 4.79 Å². The number of hydrogen-bond acceptors (Lipinski definition) is 3. The summed E-state index contributed by atoms with van der Waals surface area (Å²) in [6.45, 7) is 5.64. The lowest BCUT2D eigenvalue weighted by molar-refractivity contribution is -0.127. The van der Waals surface area contributed by atoms with Gasteiger partial charge in [-0.1, -0.05) is 35.3 Å². The van der Waals surface area contributed by atoms with Crippen molar-refractivity contribution in [1.29, 1.82) is 0 Å². The standard InChI is InChI=1S/C17H24Cl2N4O2/c1-4-7-20-17(22-11-16(24)23(2)3)21-8-9-25-12-13-5-6-14(18)10-15(13)19/h4-6,10H,1,7-9,11-12H2,2-3H3,(H2,20,21,22). The van der Waals surface area contributed by atoms with Gasteiger partial charge in [0.15, 0.2) is 5.96 Å². The summed E-state index contributed by atoms with van der Waals surface area (Å²) in [7, 11) is 3.38. The molecule has 0 aromatic heterocycles. The topological polar surface area (TPSA) is 66.0 Å². The summed E-state index contributed by atoms with van der Waals surface area (Å²) in [4.78, 5) is 17.3. The van der Waals surface area contributed by atoms with Crippen molar-refractivity contribution in [3.63, 3.8) is 0 Å². The number of nitrogens with zero attached hydrogens (tertiary/aromatic N) is 2. The van der Waals surface area contributed by atoms with Crippen molar-refractivity contribution in [3.05, 3.63) is 46.5 Å². The molecule has 1 aromatic carbocycles. The van der Waals surface area contributed by atoms with Gasteiger partial charge in [0.1, 0.15) is 6.54 Å². The first-order valence-corrected chi connectivity index (χ1v) is 8.54. The van der Waals surface area contributed by atoms with Crippen LogP contribution in [0.4, 0.5) is 0 Å². The molecule has 0 saturated heterocycles. The second kappa shape index (κ2) is 11.7. The molecule has 0 saturated carbocycles. The minimum absolute atomic E-state index is 0.0702. The van der Waals surface area contributed by atoms with Gasteiger partial charge in [-0.05, 0) is 17.7 Å². The first-order valence-electron chi connectivity index (χ1n) is 7.79. The van der Waals surface area contributed by atoms with Gasteiger partial charge in [-0.3, -0.25) is 4.79 Å². The van der Waals surface area contributed by atoms with Crippen LogP contribution >= 0.6 is 23.2 Å². The van der Waals surface area contributed by atoms with Gasteiger partial charge in [-0.2, -0.15) is 0 Å². The maximum absolute atomic E-state index is 11.6. The van der Waals surface area contributed by atoms with Crippen molar-refractivity contribution in [2.75, 3.05) is 40.3 Å². The van der Waals surface area contributed by atoms with Crippen molar-refractivity contribution in [2.24, 2.45) is 4.99 Å². The van der Waals surface area contributed by atoms with Crippen LogP contribution in [-0.4, -0.2) is 57.1 Å². The smallest absolute Gasteiger partial charge is 0.243 e. The molecule has 138 valence electrons. The maximum atomic E-state index is 11.6. The Hall–Kier alpha value is -1.76. The fraction of sp³-hybridized carbons (Fsp3) is 0.412. The number of aliphatic imine (C=N–C) groups is 1. The van der Waals surface area contributed by atoms with E-state index in [0.717, 1.165) is 5.56 Å². The SMILES string of the molecule is C=CCNC(=NCC(=O)N(C)C)NCCOCc1ccc(Cl)cc1Cl. The van der Waals surface area contributed by atoms with Crippen LogP contribution in [0.15, 0.2) is 35.8 Å². The predicted octanol–water partition coefficient (Wildman–Crippen LogP) is 2.32. The molecule has 0 bridgehead atoms. The number of carbonyl (C=O) groups is 1. The third-order valence-electron chi connectivity index (χ3n) is 3.10. The third kappa shape index (κ3) is 8.77. The van der Waals surface area contributed by atoms with Crippen molar-refractivity contribution in [3.8, 4) is 0 Å². The van der Waals surface area contributed by atoms with E-state index in [-0.39, 0.29) is 12.5 Å². The summed E-state index contributed by atoms with van der Waals surface area (Å²) >= 11 is 12.0. The number of likely N-dealkylation sites (N-methyl/N-ethyl adjacent to an activating group) is 1. The van der Waals surface area contributed by atoms with Crippen molar-refractivity contribution >= 4 is 35.1 Å². The summed E-state index contributed by atoms with van der Waals surface area (Å²) in [5.41, 5.74) is 0.876. The Morgan fingerprint density at radius 3 is 2.76 bits per heavy atom. The first kappa shape index (κ1) is 21.3. The van der Waals surface area contributed by atoms with Crippen LogP contribution in [0.5, 0.6) is 0 Å². The normalized spacial score (nSPS) is 11.1. The Bertz CT molecular complexity index is 606. The highest BCUT2D eigenvalue weighted by Gasteiger charge is 2.04. The van der Waals surface area contributed by atoms with Crippen LogP contribution < -0.4 is 10.6 Å². The minimum atomic E-state index is -0.0756. The second-order valence-electron chi connectivity index (χ2n) is 5.34. The lowest BCUT2D eigenvalue weighted by Crippen LogP contribution is -2.40. The molecular weight excluding hydrogens is 363 g/mol. The molecule has 25 heavy (non-hydrogen) atoms. The molecule has 0 fully saturated rings. The van der Waals surface area contributed by atoms with E-state index in [2.05, 4.69) is 22.2 Å². The fourth-order valence-corrected chi connectivity index (χ4v) is 2.16. The highest BCUT2D eigenvalue weighted by Crippen LogP contribution is 2.21. The Labute approximate surface area is 158 Å².